The van der Waals surface area contributed by atoms with E-state index in [0.29, 0.717) is 12.2 Å². The standard InChI is InChI=1S/C21H23NO3S2/c23-21(16-26-14-7-10-18-8-3-1-4-9-18)22(19-11-5-2-6-12-19)20-13-15-27(24,25)17-20/h1-12,20H,13-17H2/b10-7+/t20-/m1/s1. The summed E-state index contributed by atoms with van der Waals surface area (Å²) < 4.78 is 23.8. The third-order valence-electron chi connectivity index (χ3n) is 4.43. The van der Waals surface area contributed by atoms with Crippen molar-refractivity contribution in [1.82, 2.24) is 0 Å². The van der Waals surface area contributed by atoms with E-state index in [1.807, 2.05) is 72.8 Å². The number of para-hydroxylation sites is 1. The van der Waals surface area contributed by atoms with Crippen molar-refractivity contribution in [2.75, 3.05) is 27.9 Å². The van der Waals surface area contributed by atoms with Crippen LogP contribution in [0.15, 0.2) is 66.7 Å². The summed E-state index contributed by atoms with van der Waals surface area (Å²) in [6, 6.07) is 19.1. The lowest BCUT2D eigenvalue weighted by atomic mass is 10.2. The summed E-state index contributed by atoms with van der Waals surface area (Å²) in [5.74, 6) is 1.21. The molecule has 4 nitrogen and oxygen atoms in total. The summed E-state index contributed by atoms with van der Waals surface area (Å²) in [4.78, 5) is 14.5. The van der Waals surface area contributed by atoms with Gasteiger partial charge in [0.05, 0.1) is 23.3 Å². The van der Waals surface area contributed by atoms with Crippen LogP contribution in [0.3, 0.4) is 0 Å². The average molecular weight is 402 g/mol. The van der Waals surface area contributed by atoms with Crippen molar-refractivity contribution < 1.29 is 13.2 Å². The number of anilines is 1. The van der Waals surface area contributed by atoms with E-state index in [2.05, 4.69) is 0 Å². The molecule has 2 aromatic carbocycles. The Morgan fingerprint density at radius 3 is 2.37 bits per heavy atom. The Balaban J connectivity index is 1.61. The van der Waals surface area contributed by atoms with Gasteiger partial charge in [0.15, 0.2) is 9.84 Å². The van der Waals surface area contributed by atoms with Crippen LogP contribution in [0, 0.1) is 0 Å². The van der Waals surface area contributed by atoms with Gasteiger partial charge < -0.3 is 4.90 Å². The van der Waals surface area contributed by atoms with Crippen molar-refractivity contribution in [2.24, 2.45) is 0 Å². The van der Waals surface area contributed by atoms with Gasteiger partial charge >= 0.3 is 0 Å². The molecule has 0 radical (unpaired) electrons. The van der Waals surface area contributed by atoms with E-state index >= 15 is 0 Å². The zero-order valence-electron chi connectivity index (χ0n) is 15.0. The van der Waals surface area contributed by atoms with E-state index in [1.165, 1.54) is 11.8 Å². The molecule has 0 saturated carbocycles. The Labute approximate surface area is 165 Å². The minimum atomic E-state index is -3.05. The third-order valence-corrected chi connectivity index (χ3v) is 7.06. The molecule has 1 saturated heterocycles. The molecule has 0 unspecified atom stereocenters. The molecule has 1 heterocycles. The molecule has 3 rings (SSSR count). The molecule has 27 heavy (non-hydrogen) atoms. The lowest BCUT2D eigenvalue weighted by molar-refractivity contribution is -0.116. The molecule has 0 bridgehead atoms. The fraction of sp³-hybridized carbons (Fsp3) is 0.286. The smallest absolute Gasteiger partial charge is 0.237 e. The number of hydrogen-bond acceptors (Lipinski definition) is 4. The molecule has 1 aliphatic heterocycles. The van der Waals surface area contributed by atoms with Crippen molar-refractivity contribution in [1.29, 1.82) is 0 Å². The number of benzene rings is 2. The van der Waals surface area contributed by atoms with E-state index in [4.69, 9.17) is 0 Å². The van der Waals surface area contributed by atoms with E-state index in [-0.39, 0.29) is 23.5 Å². The largest absolute Gasteiger partial charge is 0.308 e. The monoisotopic (exact) mass is 401 g/mol. The first-order valence-corrected chi connectivity index (χ1v) is 11.9. The highest BCUT2D eigenvalue weighted by Gasteiger charge is 2.35. The van der Waals surface area contributed by atoms with Crippen LogP contribution in [0.25, 0.3) is 6.08 Å². The van der Waals surface area contributed by atoms with Gasteiger partial charge in [-0.1, -0.05) is 60.7 Å². The number of carbonyl (C=O) groups is 1. The van der Waals surface area contributed by atoms with Gasteiger partial charge in [0.25, 0.3) is 0 Å². The van der Waals surface area contributed by atoms with Crippen molar-refractivity contribution in [3.8, 4) is 0 Å². The minimum Gasteiger partial charge on any atom is -0.308 e. The van der Waals surface area contributed by atoms with Crippen molar-refractivity contribution in [3.63, 3.8) is 0 Å². The van der Waals surface area contributed by atoms with Gasteiger partial charge in [0.1, 0.15) is 0 Å². The van der Waals surface area contributed by atoms with E-state index in [0.717, 1.165) is 17.0 Å². The zero-order valence-corrected chi connectivity index (χ0v) is 16.7. The molecule has 1 aliphatic rings. The molecule has 1 fully saturated rings. The maximum atomic E-state index is 12.9. The van der Waals surface area contributed by atoms with Crippen LogP contribution in [0.2, 0.25) is 0 Å². The highest BCUT2D eigenvalue weighted by molar-refractivity contribution is 8.00. The van der Waals surface area contributed by atoms with Crippen LogP contribution < -0.4 is 4.90 Å². The quantitative estimate of drug-likeness (QED) is 0.665. The van der Waals surface area contributed by atoms with Gasteiger partial charge in [-0.15, -0.1) is 11.8 Å². The molecule has 0 aliphatic carbocycles. The lowest BCUT2D eigenvalue weighted by Crippen LogP contribution is -2.42. The Bertz CT molecular complexity index is 880. The molecular formula is C21H23NO3S2. The van der Waals surface area contributed by atoms with Crippen LogP contribution in [-0.4, -0.2) is 43.4 Å². The first kappa shape index (κ1) is 19.7. The van der Waals surface area contributed by atoms with Crippen molar-refractivity contribution in [2.45, 2.75) is 12.5 Å². The number of nitrogens with zero attached hydrogens (tertiary/aromatic N) is 1. The second-order valence-electron chi connectivity index (χ2n) is 6.48. The zero-order chi connectivity index (χ0) is 19.1. The number of sulfone groups is 1. The van der Waals surface area contributed by atoms with Crippen LogP contribution in [0.5, 0.6) is 0 Å². The number of thioether (sulfide) groups is 1. The number of amides is 1. The first-order valence-electron chi connectivity index (χ1n) is 8.92. The Morgan fingerprint density at radius 2 is 1.74 bits per heavy atom. The average Bonchev–Trinajstić information content (AvgIpc) is 3.03. The Morgan fingerprint density at radius 1 is 1.07 bits per heavy atom. The summed E-state index contributed by atoms with van der Waals surface area (Å²) in [7, 11) is -3.05. The van der Waals surface area contributed by atoms with Crippen molar-refractivity contribution in [3.05, 3.63) is 72.3 Å². The van der Waals surface area contributed by atoms with Crippen molar-refractivity contribution >= 4 is 39.3 Å². The highest BCUT2D eigenvalue weighted by Crippen LogP contribution is 2.25. The fourth-order valence-corrected chi connectivity index (χ4v) is 5.52. The van der Waals surface area contributed by atoms with Gasteiger partial charge in [-0.05, 0) is 24.1 Å². The van der Waals surface area contributed by atoms with Gasteiger partial charge in [0, 0.05) is 11.4 Å². The van der Waals surface area contributed by atoms with Gasteiger partial charge in [-0.25, -0.2) is 8.42 Å². The summed E-state index contributed by atoms with van der Waals surface area (Å²) in [5.41, 5.74) is 1.90. The van der Waals surface area contributed by atoms with Crippen LogP contribution in [0.1, 0.15) is 12.0 Å². The summed E-state index contributed by atoms with van der Waals surface area (Å²) in [6.07, 6.45) is 4.58. The molecule has 1 amide bonds. The molecular weight excluding hydrogens is 378 g/mol. The molecule has 1 atom stereocenters. The molecule has 0 spiro atoms. The molecule has 2 aromatic rings. The Hall–Kier alpha value is -2.05. The van der Waals surface area contributed by atoms with Gasteiger partial charge in [-0.3, -0.25) is 4.79 Å². The first-order chi connectivity index (χ1) is 13.1. The summed E-state index contributed by atoms with van der Waals surface area (Å²) in [6.45, 7) is 0. The number of carbonyl (C=O) groups excluding carboxylic acids is 1. The number of hydrogen-bond donors (Lipinski definition) is 0. The summed E-state index contributed by atoms with van der Waals surface area (Å²) >= 11 is 1.53. The predicted octanol–water partition coefficient (Wildman–Crippen LogP) is 3.65. The fourth-order valence-electron chi connectivity index (χ4n) is 3.16. The van der Waals surface area contributed by atoms with E-state index < -0.39 is 9.84 Å². The normalized spacial score (nSPS) is 18.6. The van der Waals surface area contributed by atoms with E-state index in [1.54, 1.807) is 4.90 Å². The number of rotatable bonds is 7. The minimum absolute atomic E-state index is 0.0404. The van der Waals surface area contributed by atoms with Crippen LogP contribution in [-0.2, 0) is 14.6 Å². The molecule has 0 N–H and O–H groups in total. The second kappa shape index (κ2) is 9.24. The maximum Gasteiger partial charge on any atom is 0.237 e. The van der Waals surface area contributed by atoms with Gasteiger partial charge in [-0.2, -0.15) is 0 Å². The van der Waals surface area contributed by atoms with Gasteiger partial charge in [0.2, 0.25) is 5.91 Å². The second-order valence-corrected chi connectivity index (χ2v) is 9.74. The van der Waals surface area contributed by atoms with Crippen LogP contribution in [0.4, 0.5) is 5.69 Å². The lowest BCUT2D eigenvalue weighted by Gasteiger charge is -2.28. The highest BCUT2D eigenvalue weighted by atomic mass is 32.2. The SMILES string of the molecule is O=C(CSC/C=C/c1ccccc1)N(c1ccccc1)[C@@H]1CCS(=O)(=O)C1. The molecule has 142 valence electrons. The van der Waals surface area contributed by atoms with Crippen LogP contribution >= 0.6 is 11.8 Å². The summed E-state index contributed by atoms with van der Waals surface area (Å²) in [5, 5.41) is 0. The molecule has 0 aromatic heterocycles. The third kappa shape index (κ3) is 5.71. The molecule has 6 heteroatoms. The van der Waals surface area contributed by atoms with E-state index in [9.17, 15) is 13.2 Å². The predicted molar refractivity (Wildman–Crippen MR) is 114 cm³/mol. The topological polar surface area (TPSA) is 54.5 Å². The Kier molecular flexibility index (Phi) is 6.74. The maximum absolute atomic E-state index is 12.9.